The molecule has 2 amide bonds. The number of nitrogens with two attached hydrogens (primary N) is 2. The van der Waals surface area contributed by atoms with Gasteiger partial charge in [0.2, 0.25) is 17.1 Å². The van der Waals surface area contributed by atoms with Crippen molar-refractivity contribution in [1.29, 1.82) is 0 Å². The molecule has 0 radical (unpaired) electrons. The number of carboxylic acid groups (broad SMARTS) is 2. The van der Waals surface area contributed by atoms with Gasteiger partial charge in [-0.15, -0.1) is 11.8 Å². The zero-order valence-corrected chi connectivity index (χ0v) is 26.2. The van der Waals surface area contributed by atoms with E-state index in [0.717, 1.165) is 22.1 Å². The Kier molecular flexibility index (Phi) is 10.2. The number of aliphatic imine (C=N–C) groups is 1. The zero-order valence-electron chi connectivity index (χ0n) is 24.6. The van der Waals surface area contributed by atoms with Crippen LogP contribution in [0.3, 0.4) is 0 Å². The van der Waals surface area contributed by atoms with Crippen molar-refractivity contribution in [2.75, 3.05) is 29.9 Å². The number of aromatic nitrogens is 3. The molecule has 2 aliphatic heterocycles. The number of pyridine rings is 1. The fourth-order valence-electron chi connectivity index (χ4n) is 4.13. The van der Waals surface area contributed by atoms with Crippen molar-refractivity contribution in [1.82, 2.24) is 19.6 Å². The number of anilines is 2. The molecule has 0 aliphatic carbocycles. The number of nitrogens with zero attached hydrogens (tertiary/aromatic N) is 6. The molecule has 2 unspecified atom stereocenters. The normalized spacial score (nSPS) is 18.6. The van der Waals surface area contributed by atoms with Gasteiger partial charge in [0, 0.05) is 53.6 Å². The van der Waals surface area contributed by atoms with Crippen LogP contribution in [0.15, 0.2) is 45.9 Å². The van der Waals surface area contributed by atoms with Crippen LogP contribution in [0, 0.1) is 0 Å². The second-order valence-electron chi connectivity index (χ2n) is 10.3. The van der Waals surface area contributed by atoms with Crippen LogP contribution in [0.1, 0.15) is 33.0 Å². The molecule has 17 nitrogen and oxygen atoms in total. The molecule has 2 aliphatic rings. The number of nitrogen functional groups attached to an aromatic ring is 1. The molecule has 4 heterocycles. The summed E-state index contributed by atoms with van der Waals surface area (Å²) in [5.74, 6) is -3.88. The molecule has 0 bridgehead atoms. The number of fused-ring (bicyclic) bond motifs is 1. The van der Waals surface area contributed by atoms with E-state index in [1.807, 2.05) is 19.1 Å². The predicted molar refractivity (Wildman–Crippen MR) is 163 cm³/mol. The van der Waals surface area contributed by atoms with Crippen LogP contribution in [-0.2, 0) is 30.6 Å². The third kappa shape index (κ3) is 7.66. The van der Waals surface area contributed by atoms with Crippen LogP contribution in [0.2, 0.25) is 0 Å². The molecule has 1 fully saturated rings. The van der Waals surface area contributed by atoms with Crippen molar-refractivity contribution >= 4 is 69.4 Å². The zero-order chi connectivity index (χ0) is 32.9. The fraction of sp³-hybridized carbons (Fsp3) is 0.423. The Labute approximate surface area is 265 Å². The van der Waals surface area contributed by atoms with Crippen LogP contribution in [0.5, 0.6) is 0 Å². The standard InChI is InChI=1S/C26H32N10O7S2/c1-4-15(27)30-8-7-29-14-5-9-35(10-6-14)11-13-12-44-22-17(21(38)36(22)18(13)23(39)40)31-20(37)16(19-32-25(28)45-34-19)33-43-26(2,3)24(41)42/h5-6,9-10,17,22H,4,7-8,11-12H2,1-3H3,(H7,27,28,30,31,32,34,37,39,40,41,42)/b33-16-. The van der Waals surface area contributed by atoms with Gasteiger partial charge in [-0.2, -0.15) is 9.36 Å². The lowest BCUT2D eigenvalue weighted by Gasteiger charge is -2.50. The number of carboxylic acids is 2. The maximum Gasteiger partial charge on any atom is 0.350 e. The summed E-state index contributed by atoms with van der Waals surface area (Å²) in [4.78, 5) is 64.3. The Balaban J connectivity index is 1.45. The summed E-state index contributed by atoms with van der Waals surface area (Å²) in [6, 6.07) is 2.54. The molecule has 7 N–H and O–H groups in total. The number of aliphatic carboxylic acids is 2. The Morgan fingerprint density at radius 2 is 2.02 bits per heavy atom. The maximum absolute atomic E-state index is 13.2. The molecule has 4 rings (SSSR count). The first-order chi connectivity index (χ1) is 21.3. The highest BCUT2D eigenvalue weighted by Gasteiger charge is 2.53. The number of β-lactam (4-membered cyclic amide) rings is 1. The van der Waals surface area contributed by atoms with E-state index in [-0.39, 0.29) is 29.0 Å². The van der Waals surface area contributed by atoms with Crippen LogP contribution in [0.4, 0.5) is 10.8 Å². The lowest BCUT2D eigenvalue weighted by atomic mass is 10.0. The first-order valence-corrected chi connectivity index (χ1v) is 15.4. The van der Waals surface area contributed by atoms with Crippen molar-refractivity contribution in [3.05, 3.63) is 41.6 Å². The van der Waals surface area contributed by atoms with Gasteiger partial charge in [0.1, 0.15) is 11.4 Å². The van der Waals surface area contributed by atoms with Crippen LogP contribution in [-0.4, -0.2) is 90.5 Å². The van der Waals surface area contributed by atoms with Crippen molar-refractivity contribution in [3.63, 3.8) is 0 Å². The lowest BCUT2D eigenvalue weighted by Crippen LogP contribution is -2.71. The van der Waals surface area contributed by atoms with E-state index in [0.29, 0.717) is 30.9 Å². The molecule has 2 aromatic rings. The van der Waals surface area contributed by atoms with Crippen LogP contribution < -0.4 is 31.8 Å². The van der Waals surface area contributed by atoms with Gasteiger partial charge in [0.05, 0.1) is 24.0 Å². The van der Waals surface area contributed by atoms with Crippen molar-refractivity contribution in [2.45, 2.75) is 50.8 Å². The minimum absolute atomic E-state index is 0.0134. The van der Waals surface area contributed by atoms with E-state index in [4.69, 9.17) is 16.3 Å². The number of amidine groups is 1. The molecule has 0 aromatic carbocycles. The summed E-state index contributed by atoms with van der Waals surface area (Å²) < 4.78 is 5.70. The van der Waals surface area contributed by atoms with Gasteiger partial charge in [-0.05, 0) is 13.8 Å². The summed E-state index contributed by atoms with van der Waals surface area (Å²) in [6.07, 6.45) is 4.24. The number of carbonyl (C=O) groups excluding carboxylic acids is 3. The number of carbonyl (C=O) groups is 4. The van der Waals surface area contributed by atoms with Crippen LogP contribution >= 0.6 is 23.3 Å². The second kappa shape index (κ2) is 13.9. The highest BCUT2D eigenvalue weighted by atomic mass is 32.2. The average molecular weight is 661 g/mol. The summed E-state index contributed by atoms with van der Waals surface area (Å²) >= 11 is 2.03. The second-order valence-corrected chi connectivity index (χ2v) is 12.2. The highest BCUT2D eigenvalue weighted by Crippen LogP contribution is 2.40. The van der Waals surface area contributed by atoms with E-state index >= 15 is 0 Å². The maximum atomic E-state index is 13.2. The third-order valence-corrected chi connectivity index (χ3v) is 8.54. The Morgan fingerprint density at radius 1 is 1.31 bits per heavy atom. The Bertz CT molecular complexity index is 1570. The van der Waals surface area contributed by atoms with Gasteiger partial charge >= 0.3 is 5.97 Å². The largest absolute Gasteiger partial charge is 0.543 e. The monoisotopic (exact) mass is 660 g/mol. The molecule has 1 saturated heterocycles. The quantitative estimate of drug-likeness (QED) is 0.0378. The molecule has 0 spiro atoms. The van der Waals surface area contributed by atoms with Crippen molar-refractivity contribution in [3.8, 4) is 0 Å². The summed E-state index contributed by atoms with van der Waals surface area (Å²) in [5.41, 5.74) is 10.1. The number of oxime groups is 1. The smallest absolute Gasteiger partial charge is 0.350 e. The molecule has 2 atom stereocenters. The minimum Gasteiger partial charge on any atom is -0.543 e. The number of hydrogen-bond donors (Lipinski definition) is 5. The van der Waals surface area contributed by atoms with Gasteiger partial charge < -0.3 is 41.9 Å². The fourth-order valence-corrected chi connectivity index (χ4v) is 5.90. The van der Waals surface area contributed by atoms with Crippen molar-refractivity contribution in [2.24, 2.45) is 15.9 Å². The Morgan fingerprint density at radius 3 is 2.62 bits per heavy atom. The van der Waals surface area contributed by atoms with E-state index in [9.17, 15) is 29.4 Å². The molecular weight excluding hydrogens is 628 g/mol. The first-order valence-electron chi connectivity index (χ1n) is 13.6. The number of amides is 2. The summed E-state index contributed by atoms with van der Waals surface area (Å²) in [5, 5.41) is 30.2. The third-order valence-electron chi connectivity index (χ3n) is 6.66. The minimum atomic E-state index is -1.80. The lowest BCUT2D eigenvalue weighted by molar-refractivity contribution is -0.689. The number of hydrogen-bond acceptors (Lipinski definition) is 14. The molecule has 240 valence electrons. The topological polar surface area (TPSA) is 255 Å². The van der Waals surface area contributed by atoms with E-state index in [1.165, 1.54) is 25.6 Å². The van der Waals surface area contributed by atoms with E-state index in [2.05, 4.69) is 30.1 Å². The first kappa shape index (κ1) is 33.1. The van der Waals surface area contributed by atoms with Gasteiger partial charge in [-0.3, -0.25) is 19.5 Å². The van der Waals surface area contributed by atoms with E-state index < -0.39 is 46.5 Å². The molecule has 45 heavy (non-hydrogen) atoms. The van der Waals surface area contributed by atoms with Gasteiger partial charge in [0.15, 0.2) is 24.1 Å². The van der Waals surface area contributed by atoms with E-state index in [1.54, 1.807) is 17.0 Å². The molecule has 19 heteroatoms. The highest BCUT2D eigenvalue weighted by molar-refractivity contribution is 8.00. The Hall–Kier alpha value is -4.78. The average Bonchev–Trinajstić information content (AvgIpc) is 3.43. The predicted octanol–water partition coefficient (Wildman–Crippen LogP) is -1.73. The summed E-state index contributed by atoms with van der Waals surface area (Å²) in [7, 11) is 0. The molecular formula is C26H32N10O7S2. The SMILES string of the molecule is CCC(N)=NCCNc1cc[n+](CC2=C(C(=O)[O-])N3C(=O)C(NC(=O)/C(=N\OC(C)(C)C(=O)O)c4nsc(N)n4)C3SC2)cc1. The van der Waals surface area contributed by atoms with Gasteiger partial charge in [-0.1, -0.05) is 12.1 Å². The number of thioether (sulfide) groups is 1. The molecule has 0 saturated carbocycles. The summed E-state index contributed by atoms with van der Waals surface area (Å²) in [6.45, 7) is 5.68. The number of rotatable bonds is 14. The number of nitrogens with one attached hydrogen (secondary N) is 2. The molecule has 2 aromatic heterocycles. The van der Waals surface area contributed by atoms with Crippen molar-refractivity contribution < 1.29 is 38.8 Å². The van der Waals surface area contributed by atoms with Gasteiger partial charge in [0.25, 0.3) is 11.8 Å². The van der Waals surface area contributed by atoms with Gasteiger partial charge in [-0.25, -0.2) is 9.36 Å². The van der Waals surface area contributed by atoms with Crippen LogP contribution in [0.25, 0.3) is 0 Å².